The fourth-order valence-corrected chi connectivity index (χ4v) is 5.87. The number of hydrogen-bond donors (Lipinski definition) is 0. The maximum atomic E-state index is 13.7. The summed E-state index contributed by atoms with van der Waals surface area (Å²) in [6.07, 6.45) is 8.77. The molecule has 0 bridgehead atoms. The van der Waals surface area contributed by atoms with Crippen LogP contribution in [0.4, 0.5) is 0 Å². The Morgan fingerprint density at radius 1 is 0.643 bits per heavy atom. The Balaban J connectivity index is 1.85. The Morgan fingerprint density at radius 3 is 1.36 bits per heavy atom. The van der Waals surface area contributed by atoms with Crippen molar-refractivity contribution in [3.05, 3.63) is 66.6 Å². The molecule has 2 saturated carbocycles. The second-order valence-electron chi connectivity index (χ2n) is 7.94. The minimum Gasteiger partial charge on any atom is -0.289 e. The van der Waals surface area contributed by atoms with E-state index in [0.717, 1.165) is 62.5 Å². The first-order valence-electron chi connectivity index (χ1n) is 9.99. The molecule has 0 heterocycles. The van der Waals surface area contributed by atoms with Crippen molar-refractivity contribution < 1.29 is 4.79 Å². The minimum absolute atomic E-state index is 0.0269. The Kier molecular flexibility index (Phi) is 6.28. The van der Waals surface area contributed by atoms with Gasteiger partial charge in [-0.1, -0.05) is 72.1 Å². The molecule has 28 heavy (non-hydrogen) atoms. The summed E-state index contributed by atoms with van der Waals surface area (Å²) in [5.74, 6) is 0.534. The van der Waals surface area contributed by atoms with Crippen LogP contribution in [0.5, 0.6) is 0 Å². The molecule has 148 valence electrons. The lowest BCUT2D eigenvalue weighted by Gasteiger charge is -2.21. The van der Waals surface area contributed by atoms with E-state index in [4.69, 9.17) is 46.4 Å². The van der Waals surface area contributed by atoms with E-state index in [2.05, 4.69) is 0 Å². The second-order valence-corrected chi connectivity index (χ2v) is 9.51. The SMILES string of the molecule is O=C(c1ccc(Cl)c(Cl)c1C1CCCC1)c1ccc(Cl)c(Cl)c1C1CCCC1. The summed E-state index contributed by atoms with van der Waals surface area (Å²) < 4.78 is 0. The largest absolute Gasteiger partial charge is 0.289 e. The van der Waals surface area contributed by atoms with Gasteiger partial charge in [0, 0.05) is 11.1 Å². The lowest BCUT2D eigenvalue weighted by atomic mass is 9.85. The van der Waals surface area contributed by atoms with Crippen molar-refractivity contribution in [3.8, 4) is 0 Å². The van der Waals surface area contributed by atoms with Crippen LogP contribution in [0, 0.1) is 0 Å². The highest BCUT2D eigenvalue weighted by Crippen LogP contribution is 2.45. The zero-order valence-corrected chi connectivity index (χ0v) is 18.6. The summed E-state index contributed by atoms with van der Waals surface area (Å²) in [5, 5.41) is 2.04. The molecule has 2 fully saturated rings. The maximum Gasteiger partial charge on any atom is 0.193 e. The zero-order valence-electron chi connectivity index (χ0n) is 15.5. The molecule has 0 saturated heterocycles. The molecule has 5 heteroatoms. The fourth-order valence-electron chi connectivity index (χ4n) is 4.90. The molecule has 0 aromatic heterocycles. The number of carbonyl (C=O) groups is 1. The van der Waals surface area contributed by atoms with Crippen LogP contribution in [-0.4, -0.2) is 5.78 Å². The number of rotatable bonds is 4. The third kappa shape index (κ3) is 3.72. The number of carbonyl (C=O) groups excluding carboxylic acids is 1. The summed E-state index contributed by atoms with van der Waals surface area (Å²) in [6.45, 7) is 0. The van der Waals surface area contributed by atoms with Crippen molar-refractivity contribution in [2.75, 3.05) is 0 Å². The predicted molar refractivity (Wildman–Crippen MR) is 119 cm³/mol. The van der Waals surface area contributed by atoms with Gasteiger partial charge in [-0.05, 0) is 72.9 Å². The Hall–Kier alpha value is -0.730. The summed E-state index contributed by atoms with van der Waals surface area (Å²) in [5.41, 5.74) is 3.11. The standard InChI is InChI=1S/C23H22Cl4O/c24-17-11-9-15(19(21(17)26)13-5-1-2-6-13)23(28)16-10-12-18(25)22(27)20(16)14-7-3-4-8-14/h9-14H,1-8H2. The second kappa shape index (κ2) is 8.56. The van der Waals surface area contributed by atoms with Crippen LogP contribution in [0.1, 0.15) is 90.3 Å². The molecular formula is C23H22Cl4O. The molecule has 0 spiro atoms. The third-order valence-electron chi connectivity index (χ3n) is 6.28. The molecule has 2 aromatic rings. The third-order valence-corrected chi connectivity index (χ3v) is 7.92. The van der Waals surface area contributed by atoms with E-state index in [0.29, 0.717) is 31.2 Å². The van der Waals surface area contributed by atoms with Gasteiger partial charge in [-0.25, -0.2) is 0 Å². The predicted octanol–water partition coefficient (Wildman–Crippen LogP) is 8.85. The van der Waals surface area contributed by atoms with Crippen molar-refractivity contribution in [2.45, 2.75) is 63.2 Å². The monoisotopic (exact) mass is 454 g/mol. The van der Waals surface area contributed by atoms with Gasteiger partial charge in [0.25, 0.3) is 0 Å². The number of benzene rings is 2. The molecule has 0 aliphatic heterocycles. The molecule has 0 unspecified atom stereocenters. The molecule has 0 radical (unpaired) electrons. The lowest BCUT2D eigenvalue weighted by Crippen LogP contribution is -2.13. The Bertz CT molecular complexity index is 836. The van der Waals surface area contributed by atoms with Crippen molar-refractivity contribution in [3.63, 3.8) is 0 Å². The Morgan fingerprint density at radius 2 is 1.00 bits per heavy atom. The molecule has 1 nitrogen and oxygen atoms in total. The number of halogens is 4. The van der Waals surface area contributed by atoms with Gasteiger partial charge in [0.1, 0.15) is 0 Å². The molecule has 0 atom stereocenters. The summed E-state index contributed by atoms with van der Waals surface area (Å²) in [4.78, 5) is 13.7. The number of hydrogen-bond acceptors (Lipinski definition) is 1. The Labute approximate surface area is 186 Å². The van der Waals surface area contributed by atoms with E-state index in [1.54, 1.807) is 12.1 Å². The fraction of sp³-hybridized carbons (Fsp3) is 0.435. The smallest absolute Gasteiger partial charge is 0.193 e. The average Bonchev–Trinajstić information content (AvgIpc) is 3.39. The summed E-state index contributed by atoms with van der Waals surface area (Å²) >= 11 is 25.8. The van der Waals surface area contributed by atoms with E-state index in [9.17, 15) is 4.79 Å². The average molecular weight is 456 g/mol. The van der Waals surface area contributed by atoms with E-state index in [1.807, 2.05) is 12.1 Å². The van der Waals surface area contributed by atoms with Gasteiger partial charge in [0.2, 0.25) is 0 Å². The van der Waals surface area contributed by atoms with Crippen LogP contribution >= 0.6 is 46.4 Å². The lowest BCUT2D eigenvalue weighted by molar-refractivity contribution is 0.103. The summed E-state index contributed by atoms with van der Waals surface area (Å²) in [6, 6.07) is 7.10. The van der Waals surface area contributed by atoms with Crippen LogP contribution < -0.4 is 0 Å². The highest BCUT2D eigenvalue weighted by molar-refractivity contribution is 6.44. The van der Waals surface area contributed by atoms with Crippen molar-refractivity contribution in [1.82, 2.24) is 0 Å². The highest BCUT2D eigenvalue weighted by Gasteiger charge is 2.31. The first-order valence-corrected chi connectivity index (χ1v) is 11.5. The van der Waals surface area contributed by atoms with Crippen LogP contribution in [0.3, 0.4) is 0 Å². The highest BCUT2D eigenvalue weighted by atomic mass is 35.5. The molecule has 4 rings (SSSR count). The van der Waals surface area contributed by atoms with Crippen molar-refractivity contribution >= 4 is 52.2 Å². The van der Waals surface area contributed by atoms with Crippen molar-refractivity contribution in [1.29, 1.82) is 0 Å². The van der Waals surface area contributed by atoms with Gasteiger partial charge in [-0.15, -0.1) is 0 Å². The molecule has 2 aromatic carbocycles. The molecule has 2 aliphatic carbocycles. The molecule has 0 N–H and O–H groups in total. The van der Waals surface area contributed by atoms with E-state index in [1.165, 1.54) is 0 Å². The molecule has 2 aliphatic rings. The van der Waals surface area contributed by atoms with Gasteiger partial charge in [0.15, 0.2) is 5.78 Å². The quantitative estimate of drug-likeness (QED) is 0.420. The van der Waals surface area contributed by atoms with E-state index < -0.39 is 0 Å². The van der Waals surface area contributed by atoms with Crippen LogP contribution in [-0.2, 0) is 0 Å². The normalized spacial score (nSPS) is 18.1. The number of ketones is 1. The van der Waals surface area contributed by atoms with E-state index >= 15 is 0 Å². The van der Waals surface area contributed by atoms with Crippen LogP contribution in [0.2, 0.25) is 20.1 Å². The summed E-state index contributed by atoms with van der Waals surface area (Å²) in [7, 11) is 0. The molecule has 0 amide bonds. The van der Waals surface area contributed by atoms with Crippen LogP contribution in [0.15, 0.2) is 24.3 Å². The van der Waals surface area contributed by atoms with Gasteiger partial charge in [-0.2, -0.15) is 0 Å². The topological polar surface area (TPSA) is 17.1 Å². The molecular weight excluding hydrogens is 434 g/mol. The zero-order chi connectivity index (χ0) is 19.8. The first-order chi connectivity index (χ1) is 13.5. The van der Waals surface area contributed by atoms with Gasteiger partial charge < -0.3 is 0 Å². The van der Waals surface area contributed by atoms with Crippen molar-refractivity contribution in [2.24, 2.45) is 0 Å². The van der Waals surface area contributed by atoms with Gasteiger partial charge >= 0.3 is 0 Å². The van der Waals surface area contributed by atoms with Gasteiger partial charge in [-0.3, -0.25) is 4.79 Å². The first kappa shape index (κ1) is 20.5. The van der Waals surface area contributed by atoms with Gasteiger partial charge in [0.05, 0.1) is 20.1 Å². The minimum atomic E-state index is -0.0269. The van der Waals surface area contributed by atoms with Crippen LogP contribution in [0.25, 0.3) is 0 Å². The maximum absolute atomic E-state index is 13.7. The van der Waals surface area contributed by atoms with E-state index in [-0.39, 0.29) is 17.6 Å².